The van der Waals surface area contributed by atoms with Crippen LogP contribution in [0, 0.1) is 0 Å². The van der Waals surface area contributed by atoms with Gasteiger partial charge in [-0.25, -0.2) is 0 Å². The number of hydrogen-bond acceptors (Lipinski definition) is 4. The summed E-state index contributed by atoms with van der Waals surface area (Å²) in [6.07, 6.45) is 2.56. The SMILES string of the molecule is Nc1ccc2c(c1)C(=O)N(C1CCCCC1O)C2=O. The minimum atomic E-state index is -0.617. The predicted molar refractivity (Wildman–Crippen MR) is 69.6 cm³/mol. The van der Waals surface area contributed by atoms with Gasteiger partial charge in [-0.05, 0) is 31.0 Å². The normalized spacial score (nSPS) is 26.7. The predicted octanol–water partition coefficient (Wildman–Crippen LogP) is 1.17. The molecular formula is C14H16N2O3. The second-order valence-corrected chi connectivity index (χ2v) is 5.20. The molecule has 19 heavy (non-hydrogen) atoms. The van der Waals surface area contributed by atoms with Gasteiger partial charge in [0, 0.05) is 5.69 Å². The van der Waals surface area contributed by atoms with E-state index in [4.69, 9.17) is 5.73 Å². The Labute approximate surface area is 111 Å². The highest BCUT2D eigenvalue weighted by Gasteiger charge is 2.43. The molecule has 0 aromatic heterocycles. The average molecular weight is 260 g/mol. The molecule has 5 heteroatoms. The number of fused-ring (bicyclic) bond motifs is 1. The topological polar surface area (TPSA) is 83.6 Å². The number of carbonyl (C=O) groups excluding carboxylic acids is 2. The second-order valence-electron chi connectivity index (χ2n) is 5.20. The minimum absolute atomic E-state index is 0.314. The highest BCUT2D eigenvalue weighted by Crippen LogP contribution is 2.31. The van der Waals surface area contributed by atoms with Crippen LogP contribution < -0.4 is 5.73 Å². The van der Waals surface area contributed by atoms with Gasteiger partial charge in [0.15, 0.2) is 0 Å². The molecule has 1 aromatic carbocycles. The first-order chi connectivity index (χ1) is 9.09. The van der Waals surface area contributed by atoms with Gasteiger partial charge in [0.1, 0.15) is 0 Å². The Hall–Kier alpha value is -1.88. The number of aliphatic hydroxyl groups excluding tert-OH is 1. The number of aliphatic hydroxyl groups is 1. The monoisotopic (exact) mass is 260 g/mol. The molecule has 100 valence electrons. The van der Waals surface area contributed by atoms with Crippen LogP contribution >= 0.6 is 0 Å². The molecule has 1 heterocycles. The van der Waals surface area contributed by atoms with E-state index in [1.165, 1.54) is 11.0 Å². The number of hydrogen-bond donors (Lipinski definition) is 2. The maximum Gasteiger partial charge on any atom is 0.261 e. The molecule has 0 radical (unpaired) electrons. The van der Waals surface area contributed by atoms with Crippen molar-refractivity contribution in [3.63, 3.8) is 0 Å². The number of nitrogens with zero attached hydrogens (tertiary/aromatic N) is 1. The molecule has 1 fully saturated rings. The van der Waals surface area contributed by atoms with Crippen molar-refractivity contribution in [2.75, 3.05) is 5.73 Å². The zero-order chi connectivity index (χ0) is 13.6. The molecule has 1 aliphatic carbocycles. The van der Waals surface area contributed by atoms with Crippen LogP contribution in [0.5, 0.6) is 0 Å². The van der Waals surface area contributed by atoms with E-state index in [1.54, 1.807) is 12.1 Å². The molecule has 1 aromatic rings. The molecule has 2 atom stereocenters. The summed E-state index contributed by atoms with van der Waals surface area (Å²) in [7, 11) is 0. The summed E-state index contributed by atoms with van der Waals surface area (Å²) < 4.78 is 0. The summed E-state index contributed by atoms with van der Waals surface area (Å²) in [5.74, 6) is -0.649. The average Bonchev–Trinajstić information content (AvgIpc) is 2.63. The second kappa shape index (κ2) is 4.35. The van der Waals surface area contributed by atoms with Crippen molar-refractivity contribution in [2.24, 2.45) is 0 Å². The molecule has 0 bridgehead atoms. The van der Waals surface area contributed by atoms with Gasteiger partial charge >= 0.3 is 0 Å². The van der Waals surface area contributed by atoms with Crippen molar-refractivity contribution in [1.82, 2.24) is 4.90 Å². The molecule has 0 saturated heterocycles. The van der Waals surface area contributed by atoms with E-state index < -0.39 is 12.1 Å². The highest BCUT2D eigenvalue weighted by molar-refractivity contribution is 6.22. The van der Waals surface area contributed by atoms with Crippen molar-refractivity contribution in [2.45, 2.75) is 37.8 Å². The largest absolute Gasteiger partial charge is 0.399 e. The van der Waals surface area contributed by atoms with E-state index in [9.17, 15) is 14.7 Å². The molecule has 1 saturated carbocycles. The number of imide groups is 1. The smallest absolute Gasteiger partial charge is 0.261 e. The molecule has 2 amide bonds. The van der Waals surface area contributed by atoms with Crippen LogP contribution in [0.2, 0.25) is 0 Å². The fourth-order valence-corrected chi connectivity index (χ4v) is 2.97. The Morgan fingerprint density at radius 3 is 2.53 bits per heavy atom. The summed E-state index contributed by atoms with van der Waals surface area (Å²) in [5, 5.41) is 10.0. The summed E-state index contributed by atoms with van der Waals surface area (Å²) >= 11 is 0. The van der Waals surface area contributed by atoms with E-state index in [-0.39, 0.29) is 11.8 Å². The van der Waals surface area contributed by atoms with E-state index in [0.717, 1.165) is 12.8 Å². The molecule has 0 spiro atoms. The van der Waals surface area contributed by atoms with Crippen LogP contribution in [0.1, 0.15) is 46.4 Å². The van der Waals surface area contributed by atoms with E-state index >= 15 is 0 Å². The molecule has 2 aliphatic rings. The zero-order valence-corrected chi connectivity index (χ0v) is 10.5. The lowest BCUT2D eigenvalue weighted by Crippen LogP contribution is -2.48. The van der Waals surface area contributed by atoms with Crippen molar-refractivity contribution in [3.8, 4) is 0 Å². The first-order valence-corrected chi connectivity index (χ1v) is 6.55. The van der Waals surface area contributed by atoms with Crippen molar-refractivity contribution in [1.29, 1.82) is 0 Å². The first kappa shape index (κ1) is 12.2. The summed E-state index contributed by atoms with van der Waals surface area (Å²) in [4.78, 5) is 25.9. The number of carbonyl (C=O) groups is 2. The maximum atomic E-state index is 12.3. The van der Waals surface area contributed by atoms with Crippen molar-refractivity contribution < 1.29 is 14.7 Å². The van der Waals surface area contributed by atoms with Gasteiger partial charge in [-0.1, -0.05) is 12.8 Å². The number of rotatable bonds is 1. The van der Waals surface area contributed by atoms with Crippen molar-refractivity contribution >= 4 is 17.5 Å². The molecular weight excluding hydrogens is 244 g/mol. The van der Waals surface area contributed by atoms with Crippen LogP contribution in [0.15, 0.2) is 18.2 Å². The van der Waals surface area contributed by atoms with E-state index in [2.05, 4.69) is 0 Å². The Bertz CT molecular complexity index is 556. The van der Waals surface area contributed by atoms with Crippen LogP contribution in [0.3, 0.4) is 0 Å². The van der Waals surface area contributed by atoms with Gasteiger partial charge in [-0.2, -0.15) is 0 Å². The van der Waals surface area contributed by atoms with Crippen molar-refractivity contribution in [3.05, 3.63) is 29.3 Å². The lowest BCUT2D eigenvalue weighted by Gasteiger charge is -2.33. The third-order valence-corrected chi connectivity index (χ3v) is 3.97. The number of nitrogens with two attached hydrogens (primary N) is 1. The molecule has 3 N–H and O–H groups in total. The van der Waals surface area contributed by atoms with Crippen LogP contribution in [-0.2, 0) is 0 Å². The lowest BCUT2D eigenvalue weighted by atomic mass is 9.91. The Balaban J connectivity index is 1.98. The molecule has 2 unspecified atom stereocenters. The highest BCUT2D eigenvalue weighted by atomic mass is 16.3. The molecule has 3 rings (SSSR count). The third kappa shape index (κ3) is 1.81. The lowest BCUT2D eigenvalue weighted by molar-refractivity contribution is 0.0203. The molecule has 1 aliphatic heterocycles. The van der Waals surface area contributed by atoms with E-state index in [1.807, 2.05) is 0 Å². The summed E-state index contributed by atoms with van der Waals surface area (Å²) in [6.45, 7) is 0. The Kier molecular flexibility index (Phi) is 2.78. The minimum Gasteiger partial charge on any atom is -0.399 e. The van der Waals surface area contributed by atoms with Gasteiger partial charge in [0.2, 0.25) is 0 Å². The van der Waals surface area contributed by atoms with Gasteiger partial charge in [0.25, 0.3) is 11.8 Å². The number of nitrogen functional groups attached to an aromatic ring is 1. The van der Waals surface area contributed by atoms with Gasteiger partial charge in [0.05, 0.1) is 23.3 Å². The summed E-state index contributed by atoms with van der Waals surface area (Å²) in [6, 6.07) is 4.33. The van der Waals surface area contributed by atoms with E-state index in [0.29, 0.717) is 29.7 Å². The van der Waals surface area contributed by atoms with Gasteiger partial charge in [-0.3, -0.25) is 14.5 Å². The van der Waals surface area contributed by atoms with Gasteiger partial charge in [-0.15, -0.1) is 0 Å². The third-order valence-electron chi connectivity index (χ3n) is 3.97. The summed E-state index contributed by atoms with van der Waals surface area (Å²) in [5.41, 5.74) is 6.86. The fraction of sp³-hybridized carbons (Fsp3) is 0.429. The van der Waals surface area contributed by atoms with Crippen LogP contribution in [-0.4, -0.2) is 34.0 Å². The number of benzene rings is 1. The number of anilines is 1. The quantitative estimate of drug-likeness (QED) is 0.586. The zero-order valence-electron chi connectivity index (χ0n) is 10.5. The van der Waals surface area contributed by atoms with Crippen LogP contribution in [0.25, 0.3) is 0 Å². The van der Waals surface area contributed by atoms with Gasteiger partial charge < -0.3 is 10.8 Å². The first-order valence-electron chi connectivity index (χ1n) is 6.55. The number of amides is 2. The molecule has 5 nitrogen and oxygen atoms in total. The standard InChI is InChI=1S/C14H16N2O3/c15-8-5-6-9-10(7-8)14(19)16(13(9)18)11-3-1-2-4-12(11)17/h5-7,11-12,17H,1-4,15H2. The van der Waals surface area contributed by atoms with Crippen LogP contribution in [0.4, 0.5) is 5.69 Å². The fourth-order valence-electron chi connectivity index (χ4n) is 2.97. The Morgan fingerprint density at radius 1 is 1.11 bits per heavy atom. The Morgan fingerprint density at radius 2 is 1.79 bits per heavy atom. The maximum absolute atomic E-state index is 12.3.